The Kier molecular flexibility index (Phi) is 3.46. The molecule has 0 atom stereocenters. The summed E-state index contributed by atoms with van der Waals surface area (Å²) in [5, 5.41) is 13.1. The van der Waals surface area contributed by atoms with Gasteiger partial charge in [-0.25, -0.2) is 4.98 Å². The lowest BCUT2D eigenvalue weighted by Gasteiger charge is -2.04. The maximum Gasteiger partial charge on any atom is 0.282 e. The number of rotatable bonds is 3. The van der Waals surface area contributed by atoms with Gasteiger partial charge in [-0.05, 0) is 18.2 Å². The number of nitrogens with one attached hydrogen (secondary N) is 1. The molecule has 2 rings (SSSR count). The first-order chi connectivity index (χ1) is 9.08. The van der Waals surface area contributed by atoms with Gasteiger partial charge in [0.1, 0.15) is 11.4 Å². The van der Waals surface area contributed by atoms with E-state index in [1.165, 1.54) is 36.4 Å². The van der Waals surface area contributed by atoms with E-state index in [2.05, 4.69) is 10.3 Å². The minimum atomic E-state index is -0.750. The average Bonchev–Trinajstić information content (AvgIpc) is 2.38. The summed E-state index contributed by atoms with van der Waals surface area (Å²) in [4.78, 5) is 25.4. The molecule has 1 heterocycles. The Morgan fingerprint density at radius 2 is 1.95 bits per heavy atom. The zero-order valence-corrected chi connectivity index (χ0v) is 9.54. The van der Waals surface area contributed by atoms with E-state index >= 15 is 0 Å². The summed E-state index contributed by atoms with van der Waals surface area (Å²) < 4.78 is 12.9. The number of benzene rings is 1. The number of pyridine rings is 1. The van der Waals surface area contributed by atoms with Gasteiger partial charge in [0, 0.05) is 6.07 Å². The highest BCUT2D eigenvalue weighted by Crippen LogP contribution is 2.18. The minimum Gasteiger partial charge on any atom is -0.306 e. The summed E-state index contributed by atoms with van der Waals surface area (Å²) in [7, 11) is 0. The van der Waals surface area contributed by atoms with Gasteiger partial charge in [0.2, 0.25) is 5.95 Å². The van der Waals surface area contributed by atoms with Crippen molar-refractivity contribution in [1.82, 2.24) is 4.98 Å². The molecule has 0 radical (unpaired) electrons. The van der Waals surface area contributed by atoms with E-state index in [9.17, 15) is 19.3 Å². The minimum absolute atomic E-state index is 0.0110. The van der Waals surface area contributed by atoms with Crippen LogP contribution in [0.25, 0.3) is 0 Å². The van der Waals surface area contributed by atoms with Crippen LogP contribution in [0.15, 0.2) is 42.5 Å². The number of aromatic nitrogens is 1. The molecule has 6 nitrogen and oxygen atoms in total. The normalized spacial score (nSPS) is 9.95. The van der Waals surface area contributed by atoms with Crippen molar-refractivity contribution in [3.05, 3.63) is 64.1 Å². The Labute approximate surface area is 107 Å². The summed E-state index contributed by atoms with van der Waals surface area (Å²) in [6.45, 7) is 0. The molecule has 0 unspecified atom stereocenters. The summed E-state index contributed by atoms with van der Waals surface area (Å²) >= 11 is 0. The molecule has 1 amide bonds. The molecule has 0 aliphatic carbocycles. The van der Waals surface area contributed by atoms with E-state index in [1.54, 1.807) is 0 Å². The molecule has 0 fully saturated rings. The number of amides is 1. The number of hydrogen-bond acceptors (Lipinski definition) is 4. The van der Waals surface area contributed by atoms with Gasteiger partial charge >= 0.3 is 0 Å². The highest BCUT2D eigenvalue weighted by atomic mass is 19.1. The van der Waals surface area contributed by atoms with Gasteiger partial charge in [0.25, 0.3) is 11.6 Å². The quantitative estimate of drug-likeness (QED) is 0.522. The number of nitro benzene ring substituents is 1. The fourth-order valence-corrected chi connectivity index (χ4v) is 1.49. The van der Waals surface area contributed by atoms with Gasteiger partial charge in [-0.15, -0.1) is 0 Å². The zero-order valence-electron chi connectivity index (χ0n) is 9.54. The second kappa shape index (κ2) is 5.21. The first kappa shape index (κ1) is 12.6. The molecule has 0 aliphatic rings. The molecule has 0 spiro atoms. The molecule has 0 bridgehead atoms. The Morgan fingerprint density at radius 1 is 1.21 bits per heavy atom. The summed E-state index contributed by atoms with van der Waals surface area (Å²) in [5.74, 6) is -1.48. The van der Waals surface area contributed by atoms with Gasteiger partial charge < -0.3 is 5.32 Å². The third-order valence-electron chi connectivity index (χ3n) is 2.30. The fraction of sp³-hybridized carbons (Fsp3) is 0. The molecular weight excluding hydrogens is 253 g/mol. The number of anilines is 1. The molecule has 0 saturated carbocycles. The van der Waals surface area contributed by atoms with E-state index in [0.717, 1.165) is 6.07 Å². The third-order valence-corrected chi connectivity index (χ3v) is 2.30. The lowest BCUT2D eigenvalue weighted by Crippen LogP contribution is -2.15. The van der Waals surface area contributed by atoms with Crippen molar-refractivity contribution in [1.29, 1.82) is 0 Å². The van der Waals surface area contributed by atoms with Crippen LogP contribution >= 0.6 is 0 Å². The standard InChI is InChI=1S/C12H8FN3O3/c13-10-6-3-7-11(14-10)15-12(17)8-4-1-2-5-9(8)16(18)19/h1-7H,(H,14,15,17). The summed E-state index contributed by atoms with van der Waals surface area (Å²) in [5.41, 5.74) is -0.435. The molecule has 0 aliphatic heterocycles. The van der Waals surface area contributed by atoms with E-state index in [4.69, 9.17) is 0 Å². The van der Waals surface area contributed by atoms with Crippen molar-refractivity contribution in [3.8, 4) is 0 Å². The monoisotopic (exact) mass is 261 g/mol. The largest absolute Gasteiger partial charge is 0.306 e. The molecule has 0 saturated heterocycles. The highest BCUT2D eigenvalue weighted by molar-refractivity contribution is 6.06. The van der Waals surface area contributed by atoms with Crippen LogP contribution in [0.1, 0.15) is 10.4 Å². The Bertz CT molecular complexity index is 646. The summed E-state index contributed by atoms with van der Waals surface area (Å²) in [6.07, 6.45) is 0. The number of carbonyl (C=O) groups excluding carboxylic acids is 1. The number of nitrogens with zero attached hydrogens (tertiary/aromatic N) is 2. The SMILES string of the molecule is O=C(Nc1cccc(F)n1)c1ccccc1[N+](=O)[O-]. The number of halogens is 1. The first-order valence-electron chi connectivity index (χ1n) is 5.25. The average molecular weight is 261 g/mol. The van der Waals surface area contributed by atoms with Crippen LogP contribution in [0.2, 0.25) is 0 Å². The number of hydrogen-bond donors (Lipinski definition) is 1. The van der Waals surface area contributed by atoms with Gasteiger partial charge in [-0.3, -0.25) is 14.9 Å². The Morgan fingerprint density at radius 3 is 2.63 bits per heavy atom. The molecular formula is C12H8FN3O3. The predicted octanol–water partition coefficient (Wildman–Crippen LogP) is 2.38. The molecule has 96 valence electrons. The fourth-order valence-electron chi connectivity index (χ4n) is 1.49. The molecule has 1 aromatic carbocycles. The van der Waals surface area contributed by atoms with Crippen molar-refractivity contribution in [3.63, 3.8) is 0 Å². The maximum absolute atomic E-state index is 12.9. The van der Waals surface area contributed by atoms with Crippen LogP contribution in [0.5, 0.6) is 0 Å². The first-order valence-corrected chi connectivity index (χ1v) is 5.25. The van der Waals surface area contributed by atoms with Crippen LogP contribution in [0, 0.1) is 16.1 Å². The van der Waals surface area contributed by atoms with Crippen molar-refractivity contribution in [2.24, 2.45) is 0 Å². The lowest BCUT2D eigenvalue weighted by molar-refractivity contribution is -0.385. The molecule has 1 N–H and O–H groups in total. The number of para-hydroxylation sites is 1. The van der Waals surface area contributed by atoms with E-state index < -0.39 is 16.8 Å². The molecule has 19 heavy (non-hydrogen) atoms. The van der Waals surface area contributed by atoms with E-state index in [-0.39, 0.29) is 17.1 Å². The predicted molar refractivity (Wildman–Crippen MR) is 65.2 cm³/mol. The smallest absolute Gasteiger partial charge is 0.282 e. The van der Waals surface area contributed by atoms with Crippen LogP contribution in [-0.4, -0.2) is 15.8 Å². The number of nitro groups is 1. The maximum atomic E-state index is 12.9. The van der Waals surface area contributed by atoms with Gasteiger partial charge in [0.05, 0.1) is 4.92 Å². The topological polar surface area (TPSA) is 85.1 Å². The second-order valence-corrected chi connectivity index (χ2v) is 3.57. The van der Waals surface area contributed by atoms with Crippen molar-refractivity contribution in [2.45, 2.75) is 0 Å². The number of carbonyl (C=O) groups is 1. The van der Waals surface area contributed by atoms with Crippen LogP contribution in [0.4, 0.5) is 15.9 Å². The third kappa shape index (κ3) is 2.89. The van der Waals surface area contributed by atoms with Gasteiger partial charge in [-0.1, -0.05) is 18.2 Å². The zero-order chi connectivity index (χ0) is 13.8. The Hall–Kier alpha value is -2.83. The van der Waals surface area contributed by atoms with E-state index in [0.29, 0.717) is 0 Å². The van der Waals surface area contributed by atoms with Gasteiger partial charge in [-0.2, -0.15) is 4.39 Å². The Balaban J connectivity index is 2.28. The molecule has 2 aromatic rings. The van der Waals surface area contributed by atoms with E-state index in [1.807, 2.05) is 0 Å². The van der Waals surface area contributed by atoms with Crippen molar-refractivity contribution < 1.29 is 14.1 Å². The second-order valence-electron chi connectivity index (χ2n) is 3.57. The van der Waals surface area contributed by atoms with Crippen LogP contribution in [-0.2, 0) is 0 Å². The highest BCUT2D eigenvalue weighted by Gasteiger charge is 2.19. The van der Waals surface area contributed by atoms with Crippen LogP contribution in [0.3, 0.4) is 0 Å². The van der Waals surface area contributed by atoms with Gasteiger partial charge in [0.15, 0.2) is 0 Å². The van der Waals surface area contributed by atoms with Crippen molar-refractivity contribution >= 4 is 17.4 Å². The van der Waals surface area contributed by atoms with Crippen LogP contribution < -0.4 is 5.32 Å². The summed E-state index contributed by atoms with van der Waals surface area (Å²) in [6, 6.07) is 9.37. The molecule has 1 aromatic heterocycles. The van der Waals surface area contributed by atoms with Crippen molar-refractivity contribution in [2.75, 3.05) is 5.32 Å². The molecule has 7 heteroatoms. The lowest BCUT2D eigenvalue weighted by atomic mass is 10.1.